The molecule has 3 aliphatic rings. The highest BCUT2D eigenvalue weighted by molar-refractivity contribution is 6.10. The van der Waals surface area contributed by atoms with Crippen LogP contribution in [0, 0.1) is 10.8 Å². The highest BCUT2D eigenvalue weighted by atomic mass is 16.6. The summed E-state index contributed by atoms with van der Waals surface area (Å²) in [5.41, 5.74) is 2.70. The summed E-state index contributed by atoms with van der Waals surface area (Å²) in [6.45, 7) is 20.7. The maximum Gasteiger partial charge on any atom is 0.340 e. The lowest BCUT2D eigenvalue weighted by atomic mass is 9.72. The number of hydrogen-bond acceptors (Lipinski definition) is 7. The number of aliphatic imine (C=N–C) groups is 2. The summed E-state index contributed by atoms with van der Waals surface area (Å²) in [6, 6.07) is -0.161. The number of piperidine rings is 1. The van der Waals surface area contributed by atoms with E-state index in [1.54, 1.807) is 0 Å². The van der Waals surface area contributed by atoms with Gasteiger partial charge in [-0.05, 0) is 79.2 Å². The van der Waals surface area contributed by atoms with Crippen LogP contribution in [0.4, 0.5) is 0 Å². The van der Waals surface area contributed by atoms with E-state index < -0.39 is 23.1 Å². The molecule has 0 aromatic heterocycles. The first-order chi connectivity index (χ1) is 16.7. The lowest BCUT2D eigenvalue weighted by Crippen LogP contribution is -2.51. The normalized spacial score (nSPS) is 26.9. The summed E-state index contributed by atoms with van der Waals surface area (Å²) in [7, 11) is 0. The maximum absolute atomic E-state index is 13.6. The molecule has 0 aliphatic carbocycles. The number of carbonyl (C=O) groups excluding carboxylic acids is 1. The number of esters is 1. The molecule has 0 aromatic rings. The van der Waals surface area contributed by atoms with E-state index in [9.17, 15) is 9.90 Å². The summed E-state index contributed by atoms with van der Waals surface area (Å²) in [4.78, 5) is 25.9. The zero-order valence-electron chi connectivity index (χ0n) is 23.9. The molecule has 7 nitrogen and oxygen atoms in total. The van der Waals surface area contributed by atoms with Gasteiger partial charge in [-0.25, -0.2) is 4.79 Å². The molecule has 1 saturated heterocycles. The van der Waals surface area contributed by atoms with Gasteiger partial charge in [0.2, 0.25) is 0 Å². The molecule has 3 atom stereocenters. The van der Waals surface area contributed by atoms with Crippen LogP contribution in [0.2, 0.25) is 0 Å². The Labute approximate surface area is 225 Å². The molecule has 1 N–H and O–H groups in total. The molecule has 210 valence electrons. The van der Waals surface area contributed by atoms with Gasteiger partial charge in [-0.2, -0.15) is 0 Å². The zero-order valence-corrected chi connectivity index (χ0v) is 23.9. The van der Waals surface area contributed by atoms with Crippen LogP contribution in [-0.4, -0.2) is 77.5 Å². The summed E-state index contributed by atoms with van der Waals surface area (Å²) in [5, 5.41) is 9.86. The average Bonchev–Trinajstić information content (AvgIpc) is 2.78. The lowest BCUT2D eigenvalue weighted by molar-refractivity contribution is -0.165. The zero-order chi connectivity index (χ0) is 26.9. The number of aliphatic hydroxyl groups is 1. The van der Waals surface area contributed by atoms with Crippen molar-refractivity contribution in [2.75, 3.05) is 26.2 Å². The van der Waals surface area contributed by atoms with Crippen molar-refractivity contribution in [3.63, 3.8) is 0 Å². The van der Waals surface area contributed by atoms with Gasteiger partial charge < -0.3 is 19.5 Å². The summed E-state index contributed by atoms with van der Waals surface area (Å²) in [6.07, 6.45) is 5.83. The molecule has 3 heterocycles. The van der Waals surface area contributed by atoms with E-state index in [4.69, 9.17) is 19.5 Å². The van der Waals surface area contributed by atoms with Crippen LogP contribution < -0.4 is 0 Å². The van der Waals surface area contributed by atoms with E-state index >= 15 is 0 Å². The number of hydrogen-bond donors (Lipinski definition) is 1. The van der Waals surface area contributed by atoms with Gasteiger partial charge in [0, 0.05) is 35.8 Å². The number of dihydropyridines is 2. The van der Waals surface area contributed by atoms with Gasteiger partial charge in [0.1, 0.15) is 0 Å². The van der Waals surface area contributed by atoms with Gasteiger partial charge in [-0.1, -0.05) is 27.4 Å². The topological polar surface area (TPSA) is 83.7 Å². The predicted octanol–water partition coefficient (Wildman–Crippen LogP) is 5.38. The van der Waals surface area contributed by atoms with Crippen LogP contribution in [0.1, 0.15) is 89.0 Å². The van der Waals surface area contributed by atoms with Crippen LogP contribution in [0.25, 0.3) is 0 Å². The molecular weight excluding hydrogens is 466 g/mol. The van der Waals surface area contributed by atoms with E-state index in [0.29, 0.717) is 6.54 Å². The first-order valence-electron chi connectivity index (χ1n) is 13.4. The van der Waals surface area contributed by atoms with Gasteiger partial charge >= 0.3 is 5.97 Å². The van der Waals surface area contributed by atoms with Crippen molar-refractivity contribution in [3.8, 4) is 0 Å². The minimum Gasteiger partial charge on any atom is -0.461 e. The van der Waals surface area contributed by atoms with Crippen LogP contribution in [0.5, 0.6) is 0 Å². The maximum atomic E-state index is 13.6. The fourth-order valence-electron chi connectivity index (χ4n) is 5.22. The number of ether oxygens (including phenoxy) is 2. The molecule has 2 unspecified atom stereocenters. The number of likely N-dealkylation sites (tertiary alicyclic amines) is 1. The molecule has 7 heteroatoms. The van der Waals surface area contributed by atoms with E-state index in [1.165, 1.54) is 0 Å². The Morgan fingerprint density at radius 2 is 1.84 bits per heavy atom. The number of carbonyl (C=O) groups is 1. The number of rotatable bonds is 7. The standard InChI is InChI=1S/C29H47N3O4.CH4/c1-19(2)35-26(34)24(36-27(4,5)6)23-20(3)30-18-29(9,22-12-10-11-21(17-33)31-22)25(23)32-15-13-28(7,8)14-16-32;/h10,12,19,21,24,33H,11,13-18H2,1-9H3;1H4/t21?,24-,29?;/m0./s1. The van der Waals surface area contributed by atoms with Crippen molar-refractivity contribution in [2.24, 2.45) is 20.8 Å². The smallest absolute Gasteiger partial charge is 0.340 e. The minimum absolute atomic E-state index is 0. The van der Waals surface area contributed by atoms with Crippen molar-refractivity contribution in [2.45, 2.75) is 113 Å². The number of aliphatic hydroxyl groups excluding tert-OH is 1. The average molecular weight is 518 g/mol. The van der Waals surface area contributed by atoms with Gasteiger partial charge in [0.15, 0.2) is 6.10 Å². The van der Waals surface area contributed by atoms with Crippen molar-refractivity contribution >= 4 is 17.4 Å². The molecule has 0 aromatic carbocycles. The molecule has 0 bridgehead atoms. The number of nitrogens with zero attached hydrogens (tertiary/aromatic N) is 3. The molecule has 0 amide bonds. The Balaban J connectivity index is 0.00000481. The van der Waals surface area contributed by atoms with Crippen molar-refractivity contribution in [1.82, 2.24) is 4.90 Å². The predicted molar refractivity (Wildman–Crippen MR) is 152 cm³/mol. The molecule has 1 fully saturated rings. The van der Waals surface area contributed by atoms with Gasteiger partial charge in [-0.3, -0.25) is 9.98 Å². The Morgan fingerprint density at radius 3 is 2.38 bits per heavy atom. The van der Waals surface area contributed by atoms with Crippen LogP contribution in [0.3, 0.4) is 0 Å². The molecule has 3 rings (SSSR count). The molecule has 0 spiro atoms. The largest absolute Gasteiger partial charge is 0.461 e. The minimum atomic E-state index is -0.900. The summed E-state index contributed by atoms with van der Waals surface area (Å²) in [5.74, 6) is -0.391. The van der Waals surface area contributed by atoms with E-state index in [-0.39, 0.29) is 31.6 Å². The Hall–Kier alpha value is -1.99. The Kier molecular flexibility index (Phi) is 9.97. The van der Waals surface area contributed by atoms with Gasteiger partial charge in [0.25, 0.3) is 0 Å². The molecule has 0 radical (unpaired) electrons. The van der Waals surface area contributed by atoms with Crippen LogP contribution >= 0.6 is 0 Å². The van der Waals surface area contributed by atoms with Gasteiger partial charge in [-0.15, -0.1) is 0 Å². The van der Waals surface area contributed by atoms with Crippen molar-refractivity contribution < 1.29 is 19.4 Å². The third kappa shape index (κ3) is 7.32. The van der Waals surface area contributed by atoms with Crippen LogP contribution in [0.15, 0.2) is 33.4 Å². The van der Waals surface area contributed by atoms with Gasteiger partial charge in [0.05, 0.1) is 36.3 Å². The quantitative estimate of drug-likeness (QED) is 0.459. The molecule has 0 saturated carbocycles. The molecule has 37 heavy (non-hydrogen) atoms. The monoisotopic (exact) mass is 517 g/mol. The second-order valence-corrected chi connectivity index (χ2v) is 12.7. The van der Waals surface area contributed by atoms with E-state index in [2.05, 4.69) is 37.8 Å². The first kappa shape index (κ1) is 31.2. The Morgan fingerprint density at radius 1 is 1.22 bits per heavy atom. The third-order valence-corrected chi connectivity index (χ3v) is 7.31. The molecule has 3 aliphatic heterocycles. The second-order valence-electron chi connectivity index (χ2n) is 12.7. The summed E-state index contributed by atoms with van der Waals surface area (Å²) >= 11 is 0. The highest BCUT2D eigenvalue weighted by Crippen LogP contribution is 2.44. The Bertz CT molecular complexity index is 944. The summed E-state index contributed by atoms with van der Waals surface area (Å²) < 4.78 is 12.2. The first-order valence-corrected chi connectivity index (χ1v) is 13.4. The fraction of sp³-hybridized carbons (Fsp3) is 0.767. The fourth-order valence-corrected chi connectivity index (χ4v) is 5.22. The second kappa shape index (κ2) is 11.8. The lowest BCUT2D eigenvalue weighted by Gasteiger charge is -2.48. The third-order valence-electron chi connectivity index (χ3n) is 7.31. The number of allylic oxidation sites excluding steroid dienone is 1. The van der Waals surface area contributed by atoms with Crippen molar-refractivity contribution in [3.05, 3.63) is 23.4 Å². The van der Waals surface area contributed by atoms with E-state index in [0.717, 1.165) is 55.0 Å². The SMILES string of the molecule is C.CC1=NCC(C)(C2=NC(CO)CC=C2)C(N2CCC(C)(C)CC2)=C1[C@H](OC(C)(C)C)C(=O)OC(C)C. The highest BCUT2D eigenvalue weighted by Gasteiger charge is 2.47. The van der Waals surface area contributed by atoms with Crippen molar-refractivity contribution in [1.29, 1.82) is 0 Å². The van der Waals surface area contributed by atoms with Crippen LogP contribution in [-0.2, 0) is 14.3 Å². The molecular formula is C30H51N3O4. The van der Waals surface area contributed by atoms with E-state index in [1.807, 2.05) is 41.5 Å².